The molecule has 0 spiro atoms. The molecule has 5 heteroatoms. The SMILES string of the molecule is CCCCCCCOc1cccc(NCC(=O)N2CCOCC2)c1. The minimum atomic E-state index is 0.112. The molecule has 0 atom stereocenters. The van der Waals surface area contributed by atoms with Crippen LogP contribution in [0.5, 0.6) is 5.75 Å². The van der Waals surface area contributed by atoms with E-state index in [4.69, 9.17) is 9.47 Å². The average molecular weight is 334 g/mol. The summed E-state index contributed by atoms with van der Waals surface area (Å²) >= 11 is 0. The van der Waals surface area contributed by atoms with Gasteiger partial charge in [-0.1, -0.05) is 38.7 Å². The number of unbranched alkanes of at least 4 members (excludes halogenated alkanes) is 4. The summed E-state index contributed by atoms with van der Waals surface area (Å²) in [5.74, 6) is 0.967. The van der Waals surface area contributed by atoms with E-state index in [0.29, 0.717) is 32.8 Å². The summed E-state index contributed by atoms with van der Waals surface area (Å²) in [5, 5.41) is 3.19. The van der Waals surface area contributed by atoms with E-state index in [1.165, 1.54) is 25.7 Å². The summed E-state index contributed by atoms with van der Waals surface area (Å²) in [6.07, 6.45) is 6.16. The number of morpholine rings is 1. The van der Waals surface area contributed by atoms with Crippen molar-refractivity contribution >= 4 is 11.6 Å². The molecule has 5 nitrogen and oxygen atoms in total. The summed E-state index contributed by atoms with van der Waals surface area (Å²) < 4.78 is 11.1. The van der Waals surface area contributed by atoms with E-state index >= 15 is 0 Å². The maximum absolute atomic E-state index is 12.1. The van der Waals surface area contributed by atoms with E-state index in [9.17, 15) is 4.79 Å². The molecular formula is C19H30N2O3. The zero-order valence-electron chi connectivity index (χ0n) is 14.8. The maximum Gasteiger partial charge on any atom is 0.242 e. The molecule has 1 aromatic carbocycles. The molecule has 0 saturated carbocycles. The Bertz CT molecular complexity index is 487. The lowest BCUT2D eigenvalue weighted by Gasteiger charge is -2.27. The highest BCUT2D eigenvalue weighted by molar-refractivity contribution is 5.81. The Hall–Kier alpha value is -1.75. The van der Waals surface area contributed by atoms with Gasteiger partial charge in [0.2, 0.25) is 5.91 Å². The molecule has 1 amide bonds. The first kappa shape index (κ1) is 18.6. The zero-order chi connectivity index (χ0) is 17.0. The molecule has 1 aliphatic rings. The zero-order valence-corrected chi connectivity index (χ0v) is 14.8. The monoisotopic (exact) mass is 334 g/mol. The van der Waals surface area contributed by atoms with Crippen LogP contribution in [0.25, 0.3) is 0 Å². The third-order valence-corrected chi connectivity index (χ3v) is 4.16. The lowest BCUT2D eigenvalue weighted by Crippen LogP contribution is -2.43. The molecule has 0 aliphatic carbocycles. The highest BCUT2D eigenvalue weighted by atomic mass is 16.5. The van der Waals surface area contributed by atoms with E-state index in [-0.39, 0.29) is 5.91 Å². The van der Waals surface area contributed by atoms with Crippen LogP contribution in [0.2, 0.25) is 0 Å². The van der Waals surface area contributed by atoms with Crippen LogP contribution in [-0.4, -0.2) is 50.3 Å². The van der Waals surface area contributed by atoms with Crippen LogP contribution in [0.4, 0.5) is 5.69 Å². The third-order valence-electron chi connectivity index (χ3n) is 4.16. The first-order chi connectivity index (χ1) is 11.8. The van der Waals surface area contributed by atoms with Crippen molar-refractivity contribution in [3.63, 3.8) is 0 Å². The second-order valence-electron chi connectivity index (χ2n) is 6.14. The molecule has 24 heavy (non-hydrogen) atoms. The quantitative estimate of drug-likeness (QED) is 0.667. The van der Waals surface area contributed by atoms with Gasteiger partial charge in [0.25, 0.3) is 0 Å². The number of hydrogen-bond donors (Lipinski definition) is 1. The van der Waals surface area contributed by atoms with Crippen molar-refractivity contribution < 1.29 is 14.3 Å². The predicted octanol–water partition coefficient (Wildman–Crippen LogP) is 3.31. The minimum absolute atomic E-state index is 0.112. The first-order valence-corrected chi connectivity index (χ1v) is 9.12. The second kappa shape index (κ2) is 10.9. The number of carbonyl (C=O) groups excluding carboxylic acids is 1. The highest BCUT2D eigenvalue weighted by Gasteiger charge is 2.16. The van der Waals surface area contributed by atoms with Crippen LogP contribution in [0.1, 0.15) is 39.0 Å². The summed E-state index contributed by atoms with van der Waals surface area (Å²) in [7, 11) is 0. The van der Waals surface area contributed by atoms with Crippen LogP contribution < -0.4 is 10.1 Å². The van der Waals surface area contributed by atoms with E-state index < -0.39 is 0 Å². The van der Waals surface area contributed by atoms with Crippen molar-refractivity contribution in [1.29, 1.82) is 0 Å². The Kier molecular flexibility index (Phi) is 8.46. The van der Waals surface area contributed by atoms with Crippen LogP contribution in [-0.2, 0) is 9.53 Å². The number of ether oxygens (including phenoxy) is 2. The van der Waals surface area contributed by atoms with Gasteiger partial charge in [-0.2, -0.15) is 0 Å². The normalized spacial score (nSPS) is 14.5. The Morgan fingerprint density at radius 2 is 2.00 bits per heavy atom. The fourth-order valence-electron chi connectivity index (χ4n) is 2.69. The standard InChI is InChI=1S/C19H30N2O3/c1-2-3-4-5-6-12-24-18-9-7-8-17(15-18)20-16-19(22)21-10-13-23-14-11-21/h7-9,15,20H,2-6,10-14,16H2,1H3. The van der Waals surface area contributed by atoms with Crippen molar-refractivity contribution in [2.45, 2.75) is 39.0 Å². The molecule has 1 N–H and O–H groups in total. The lowest BCUT2D eigenvalue weighted by atomic mass is 10.2. The van der Waals surface area contributed by atoms with Gasteiger partial charge in [-0.25, -0.2) is 0 Å². The molecule has 1 fully saturated rings. The molecular weight excluding hydrogens is 304 g/mol. The van der Waals surface area contributed by atoms with Crippen LogP contribution in [0.15, 0.2) is 24.3 Å². The van der Waals surface area contributed by atoms with E-state index in [1.54, 1.807) is 0 Å². The molecule has 0 radical (unpaired) electrons. The Labute approximate surface area is 145 Å². The predicted molar refractivity (Wildman–Crippen MR) is 96.6 cm³/mol. The van der Waals surface area contributed by atoms with Gasteiger partial charge in [0.05, 0.1) is 26.4 Å². The molecule has 0 bridgehead atoms. The van der Waals surface area contributed by atoms with Gasteiger partial charge in [0.15, 0.2) is 0 Å². The number of rotatable bonds is 10. The fourth-order valence-corrected chi connectivity index (χ4v) is 2.69. The van der Waals surface area contributed by atoms with Crippen molar-refractivity contribution in [1.82, 2.24) is 4.90 Å². The molecule has 134 valence electrons. The summed E-state index contributed by atoms with van der Waals surface area (Å²) in [5.41, 5.74) is 0.917. The average Bonchev–Trinajstić information content (AvgIpc) is 2.64. The van der Waals surface area contributed by atoms with E-state index in [2.05, 4.69) is 12.2 Å². The van der Waals surface area contributed by atoms with Gasteiger partial charge < -0.3 is 19.7 Å². The van der Waals surface area contributed by atoms with Gasteiger partial charge in [-0.15, -0.1) is 0 Å². The number of nitrogens with one attached hydrogen (secondary N) is 1. The van der Waals surface area contributed by atoms with Gasteiger partial charge in [0, 0.05) is 24.8 Å². The van der Waals surface area contributed by atoms with Crippen molar-refractivity contribution in [3.05, 3.63) is 24.3 Å². The second-order valence-corrected chi connectivity index (χ2v) is 6.14. The van der Waals surface area contributed by atoms with Crippen LogP contribution >= 0.6 is 0 Å². The number of nitrogens with zero attached hydrogens (tertiary/aromatic N) is 1. The largest absolute Gasteiger partial charge is 0.494 e. The van der Waals surface area contributed by atoms with E-state index in [1.807, 2.05) is 29.2 Å². The summed E-state index contributed by atoms with van der Waals surface area (Å²) in [4.78, 5) is 14.0. The van der Waals surface area contributed by atoms with E-state index in [0.717, 1.165) is 24.5 Å². The Balaban J connectivity index is 1.68. The molecule has 1 aromatic rings. The topological polar surface area (TPSA) is 50.8 Å². The number of hydrogen-bond acceptors (Lipinski definition) is 4. The van der Waals surface area contributed by atoms with Gasteiger partial charge in [-0.05, 0) is 18.6 Å². The number of anilines is 1. The number of benzene rings is 1. The van der Waals surface area contributed by atoms with Gasteiger partial charge in [0.1, 0.15) is 5.75 Å². The molecule has 1 aliphatic heterocycles. The van der Waals surface area contributed by atoms with Crippen LogP contribution in [0, 0.1) is 0 Å². The van der Waals surface area contributed by atoms with Gasteiger partial charge in [-0.3, -0.25) is 4.79 Å². The lowest BCUT2D eigenvalue weighted by molar-refractivity contribution is -0.133. The van der Waals surface area contributed by atoms with Crippen LogP contribution in [0.3, 0.4) is 0 Å². The molecule has 1 saturated heterocycles. The van der Waals surface area contributed by atoms with Crippen molar-refractivity contribution in [3.8, 4) is 5.75 Å². The molecule has 0 unspecified atom stereocenters. The van der Waals surface area contributed by atoms with Gasteiger partial charge >= 0.3 is 0 Å². The number of amides is 1. The first-order valence-electron chi connectivity index (χ1n) is 9.12. The minimum Gasteiger partial charge on any atom is -0.494 e. The van der Waals surface area contributed by atoms with Crippen molar-refractivity contribution in [2.75, 3.05) is 44.8 Å². The molecule has 0 aromatic heterocycles. The fraction of sp³-hybridized carbons (Fsp3) is 0.632. The van der Waals surface area contributed by atoms with Crippen molar-refractivity contribution in [2.24, 2.45) is 0 Å². The Morgan fingerprint density at radius 1 is 1.21 bits per heavy atom. The summed E-state index contributed by atoms with van der Waals surface area (Å²) in [6.45, 7) is 5.91. The molecule has 1 heterocycles. The summed E-state index contributed by atoms with van der Waals surface area (Å²) in [6, 6.07) is 7.83. The Morgan fingerprint density at radius 3 is 2.79 bits per heavy atom. The third kappa shape index (κ3) is 6.79. The maximum atomic E-state index is 12.1. The smallest absolute Gasteiger partial charge is 0.242 e. The highest BCUT2D eigenvalue weighted by Crippen LogP contribution is 2.18. The number of carbonyl (C=O) groups is 1. The molecule has 2 rings (SSSR count).